The molecule has 0 unspecified atom stereocenters. The van der Waals surface area contributed by atoms with E-state index in [0.29, 0.717) is 16.6 Å². The van der Waals surface area contributed by atoms with Crippen molar-refractivity contribution < 1.29 is 9.60 Å². The number of hydrogen-bond acceptors (Lipinski definition) is 3. The second-order valence-corrected chi connectivity index (χ2v) is 5.49. The van der Waals surface area contributed by atoms with Gasteiger partial charge in [0.2, 0.25) is 0 Å². The summed E-state index contributed by atoms with van der Waals surface area (Å²) in [5.41, 5.74) is 8.12. The molecule has 2 aromatic carbocycles. The van der Waals surface area contributed by atoms with Crippen LogP contribution >= 0.6 is 15.9 Å². The van der Waals surface area contributed by atoms with Gasteiger partial charge in [0.25, 0.3) is 0 Å². The van der Waals surface area contributed by atoms with E-state index < -0.39 is 0 Å². The molecule has 0 saturated carbocycles. The van der Waals surface area contributed by atoms with Crippen LogP contribution in [0.5, 0.6) is 0 Å². The second-order valence-electron chi connectivity index (χ2n) is 4.64. The van der Waals surface area contributed by atoms with Crippen LogP contribution in [0.4, 0.5) is 10.1 Å². The van der Waals surface area contributed by atoms with E-state index in [1.54, 1.807) is 18.2 Å². The van der Waals surface area contributed by atoms with E-state index >= 15 is 0 Å². The number of benzene rings is 2. The summed E-state index contributed by atoms with van der Waals surface area (Å²) < 4.78 is 13.7. The Labute approximate surface area is 130 Å². The molecule has 2 rings (SSSR count). The molecule has 0 aliphatic heterocycles. The molecular weight excluding hydrogens is 337 g/mol. The summed E-state index contributed by atoms with van der Waals surface area (Å²) >= 11 is 3.18. The Bertz CT molecular complexity index is 676. The summed E-state index contributed by atoms with van der Waals surface area (Å²) in [6.07, 6.45) is 0. The first-order valence-electron chi connectivity index (χ1n) is 6.24. The standard InChI is InChI=1S/C15H15BrFN3O/c1-20(9-10-5-6-14(17)13(16)7-10)12-4-2-3-11(8-12)15(18)19-21/h2-8,21H,9H2,1H3,(H2,18,19). The first kappa shape index (κ1) is 15.3. The number of rotatable bonds is 4. The fourth-order valence-corrected chi connectivity index (χ4v) is 2.39. The molecule has 0 aliphatic rings. The van der Waals surface area contributed by atoms with Crippen molar-refractivity contribution in [3.63, 3.8) is 0 Å². The molecule has 0 radical (unpaired) electrons. The van der Waals surface area contributed by atoms with Gasteiger partial charge in [-0.1, -0.05) is 23.4 Å². The van der Waals surface area contributed by atoms with Gasteiger partial charge in [0.1, 0.15) is 5.82 Å². The van der Waals surface area contributed by atoms with Gasteiger partial charge in [-0.3, -0.25) is 0 Å². The maximum Gasteiger partial charge on any atom is 0.170 e. The fourth-order valence-electron chi connectivity index (χ4n) is 1.96. The van der Waals surface area contributed by atoms with Crippen molar-refractivity contribution in [2.45, 2.75) is 6.54 Å². The highest BCUT2D eigenvalue weighted by atomic mass is 79.9. The van der Waals surface area contributed by atoms with Crippen LogP contribution in [-0.4, -0.2) is 18.1 Å². The van der Waals surface area contributed by atoms with Gasteiger partial charge in [-0.25, -0.2) is 4.39 Å². The van der Waals surface area contributed by atoms with E-state index in [9.17, 15) is 4.39 Å². The minimum atomic E-state index is -0.282. The number of nitrogens with two attached hydrogens (primary N) is 1. The number of amidine groups is 1. The highest BCUT2D eigenvalue weighted by Crippen LogP contribution is 2.21. The third-order valence-electron chi connectivity index (χ3n) is 3.09. The summed E-state index contributed by atoms with van der Waals surface area (Å²) in [4.78, 5) is 1.99. The van der Waals surface area contributed by atoms with Gasteiger partial charge in [-0.15, -0.1) is 0 Å². The Kier molecular flexibility index (Phi) is 4.80. The Balaban J connectivity index is 2.20. The van der Waals surface area contributed by atoms with Gasteiger partial charge in [0, 0.05) is 24.8 Å². The Morgan fingerprint density at radius 3 is 2.76 bits per heavy atom. The molecule has 4 nitrogen and oxygen atoms in total. The quantitative estimate of drug-likeness (QED) is 0.384. The van der Waals surface area contributed by atoms with Crippen LogP contribution in [0.15, 0.2) is 52.1 Å². The van der Waals surface area contributed by atoms with Gasteiger partial charge >= 0.3 is 0 Å². The SMILES string of the molecule is CN(Cc1ccc(F)c(Br)c1)c1cccc(C(N)=NO)c1. The number of hydrogen-bond donors (Lipinski definition) is 2. The fraction of sp³-hybridized carbons (Fsp3) is 0.133. The van der Waals surface area contributed by atoms with Crippen LogP contribution in [0.3, 0.4) is 0 Å². The summed E-state index contributed by atoms with van der Waals surface area (Å²) in [5, 5.41) is 11.7. The minimum absolute atomic E-state index is 0.0646. The maximum atomic E-state index is 13.2. The molecular formula is C15H15BrFN3O. The van der Waals surface area contributed by atoms with Crippen molar-refractivity contribution in [2.24, 2.45) is 10.9 Å². The largest absolute Gasteiger partial charge is 0.409 e. The Morgan fingerprint density at radius 1 is 1.33 bits per heavy atom. The first-order chi connectivity index (χ1) is 10.0. The summed E-state index contributed by atoms with van der Waals surface area (Å²) in [5.74, 6) is -0.217. The lowest BCUT2D eigenvalue weighted by atomic mass is 10.1. The van der Waals surface area contributed by atoms with Gasteiger partial charge in [0.05, 0.1) is 4.47 Å². The monoisotopic (exact) mass is 351 g/mol. The lowest BCUT2D eigenvalue weighted by Gasteiger charge is -2.20. The number of nitrogens with zero attached hydrogens (tertiary/aromatic N) is 2. The molecule has 0 amide bonds. The van der Waals surface area contributed by atoms with Crippen molar-refractivity contribution in [1.29, 1.82) is 0 Å². The van der Waals surface area contributed by atoms with Crippen molar-refractivity contribution in [3.05, 3.63) is 63.9 Å². The van der Waals surface area contributed by atoms with Gasteiger partial charge in [-0.05, 0) is 45.8 Å². The van der Waals surface area contributed by atoms with E-state index in [4.69, 9.17) is 10.9 Å². The molecule has 0 spiro atoms. The lowest BCUT2D eigenvalue weighted by molar-refractivity contribution is 0.318. The molecule has 0 saturated heterocycles. The normalized spacial score (nSPS) is 11.5. The first-order valence-corrected chi connectivity index (χ1v) is 7.03. The van der Waals surface area contributed by atoms with Crippen molar-refractivity contribution in [2.75, 3.05) is 11.9 Å². The summed E-state index contributed by atoms with van der Waals surface area (Å²) in [6, 6.07) is 12.3. The topological polar surface area (TPSA) is 61.8 Å². The predicted octanol–water partition coefficient (Wildman–Crippen LogP) is 3.32. The maximum absolute atomic E-state index is 13.2. The number of halogens is 2. The Morgan fingerprint density at radius 2 is 2.10 bits per heavy atom. The van der Waals surface area contributed by atoms with Crippen LogP contribution in [-0.2, 0) is 6.54 Å². The van der Waals surface area contributed by atoms with Crippen LogP contribution < -0.4 is 10.6 Å². The average molecular weight is 352 g/mol. The molecule has 0 heterocycles. The van der Waals surface area contributed by atoms with E-state index in [1.165, 1.54) is 6.07 Å². The van der Waals surface area contributed by atoms with E-state index in [0.717, 1.165) is 11.3 Å². The third-order valence-corrected chi connectivity index (χ3v) is 3.70. The number of oxime groups is 1. The summed E-state index contributed by atoms with van der Waals surface area (Å²) in [7, 11) is 1.92. The molecule has 0 bridgehead atoms. The van der Waals surface area contributed by atoms with E-state index in [2.05, 4.69) is 21.1 Å². The smallest absolute Gasteiger partial charge is 0.170 e. The average Bonchev–Trinajstić information content (AvgIpc) is 2.50. The van der Waals surface area contributed by atoms with Gasteiger partial charge < -0.3 is 15.8 Å². The highest BCUT2D eigenvalue weighted by Gasteiger charge is 2.07. The van der Waals surface area contributed by atoms with Gasteiger partial charge in [0.15, 0.2) is 5.84 Å². The third kappa shape index (κ3) is 3.72. The predicted molar refractivity (Wildman–Crippen MR) is 85.2 cm³/mol. The van der Waals surface area contributed by atoms with Crippen LogP contribution in [0.25, 0.3) is 0 Å². The van der Waals surface area contributed by atoms with Crippen molar-refractivity contribution in [3.8, 4) is 0 Å². The zero-order chi connectivity index (χ0) is 15.4. The molecule has 0 atom stereocenters. The zero-order valence-corrected chi connectivity index (χ0v) is 13.0. The summed E-state index contributed by atoms with van der Waals surface area (Å²) in [6.45, 7) is 0.610. The molecule has 110 valence electrons. The van der Waals surface area contributed by atoms with Crippen LogP contribution in [0.2, 0.25) is 0 Å². The van der Waals surface area contributed by atoms with Crippen molar-refractivity contribution in [1.82, 2.24) is 0 Å². The van der Waals surface area contributed by atoms with Crippen molar-refractivity contribution >= 4 is 27.5 Å². The van der Waals surface area contributed by atoms with E-state index in [1.807, 2.05) is 30.1 Å². The molecule has 2 aromatic rings. The van der Waals surface area contributed by atoms with Gasteiger partial charge in [-0.2, -0.15) is 0 Å². The molecule has 21 heavy (non-hydrogen) atoms. The lowest BCUT2D eigenvalue weighted by Crippen LogP contribution is -2.18. The van der Waals surface area contributed by atoms with Crippen LogP contribution in [0.1, 0.15) is 11.1 Å². The molecule has 0 aromatic heterocycles. The molecule has 0 aliphatic carbocycles. The zero-order valence-electron chi connectivity index (χ0n) is 11.4. The Hall–Kier alpha value is -2.08. The highest BCUT2D eigenvalue weighted by molar-refractivity contribution is 9.10. The second kappa shape index (κ2) is 6.58. The molecule has 6 heteroatoms. The molecule has 3 N–H and O–H groups in total. The minimum Gasteiger partial charge on any atom is -0.409 e. The van der Waals surface area contributed by atoms with Crippen LogP contribution in [0, 0.1) is 5.82 Å². The van der Waals surface area contributed by atoms with E-state index in [-0.39, 0.29) is 11.7 Å². The number of anilines is 1. The molecule has 0 fully saturated rings.